The van der Waals surface area contributed by atoms with E-state index < -0.39 is 0 Å². The molecule has 0 aliphatic carbocycles. The highest BCUT2D eigenvalue weighted by Gasteiger charge is 2.08. The molecule has 2 rings (SSSR count). The first-order valence-corrected chi connectivity index (χ1v) is 7.64. The van der Waals surface area contributed by atoms with Gasteiger partial charge in [-0.15, -0.1) is 0 Å². The van der Waals surface area contributed by atoms with Gasteiger partial charge in [-0.05, 0) is 25.3 Å². The molecule has 114 valence electrons. The van der Waals surface area contributed by atoms with Crippen LogP contribution in [0.25, 0.3) is 0 Å². The van der Waals surface area contributed by atoms with Crippen LogP contribution in [0.4, 0.5) is 11.6 Å². The maximum absolute atomic E-state index is 4.37. The van der Waals surface area contributed by atoms with E-state index in [4.69, 9.17) is 0 Å². The van der Waals surface area contributed by atoms with Crippen LogP contribution in [0.15, 0.2) is 24.8 Å². The third-order valence-corrected chi connectivity index (χ3v) is 3.26. The maximum Gasteiger partial charge on any atom is 0.134 e. The number of hydrogen-bond donors (Lipinski definition) is 2. The van der Waals surface area contributed by atoms with Gasteiger partial charge in [-0.25, -0.2) is 9.97 Å². The van der Waals surface area contributed by atoms with Gasteiger partial charge in [0.1, 0.15) is 18.0 Å². The molecule has 0 radical (unpaired) electrons. The van der Waals surface area contributed by atoms with Crippen molar-refractivity contribution in [1.29, 1.82) is 0 Å². The van der Waals surface area contributed by atoms with Crippen molar-refractivity contribution in [2.75, 3.05) is 23.7 Å². The Morgan fingerprint density at radius 2 is 1.86 bits per heavy atom. The molecule has 0 aliphatic heterocycles. The third-order valence-electron chi connectivity index (χ3n) is 3.26. The summed E-state index contributed by atoms with van der Waals surface area (Å²) in [7, 11) is 0. The van der Waals surface area contributed by atoms with Gasteiger partial charge >= 0.3 is 0 Å². The van der Waals surface area contributed by atoms with Crippen LogP contribution in [-0.4, -0.2) is 32.8 Å². The number of rotatable bonds is 9. The lowest BCUT2D eigenvalue weighted by molar-refractivity contribution is 0.591. The van der Waals surface area contributed by atoms with Gasteiger partial charge in [-0.3, -0.25) is 4.68 Å². The molecule has 0 saturated heterocycles. The Morgan fingerprint density at radius 1 is 1.10 bits per heavy atom. The topological polar surface area (TPSA) is 67.7 Å². The predicted molar refractivity (Wildman–Crippen MR) is 85.5 cm³/mol. The lowest BCUT2D eigenvalue weighted by atomic mass is 10.2. The first kappa shape index (κ1) is 15.3. The van der Waals surface area contributed by atoms with E-state index in [1.807, 2.05) is 16.9 Å². The Balaban J connectivity index is 1.89. The van der Waals surface area contributed by atoms with Gasteiger partial charge in [0.15, 0.2) is 0 Å². The van der Waals surface area contributed by atoms with Crippen LogP contribution in [0.2, 0.25) is 0 Å². The van der Waals surface area contributed by atoms with Crippen LogP contribution in [-0.2, 0) is 13.0 Å². The van der Waals surface area contributed by atoms with Gasteiger partial charge < -0.3 is 10.6 Å². The largest absolute Gasteiger partial charge is 0.370 e. The van der Waals surface area contributed by atoms with E-state index in [1.165, 1.54) is 0 Å². The SMILES string of the molecule is CCCNc1ncnc(NCCCn2cccn2)c1CC. The smallest absolute Gasteiger partial charge is 0.134 e. The monoisotopic (exact) mass is 288 g/mol. The van der Waals surface area contributed by atoms with Crippen molar-refractivity contribution in [3.8, 4) is 0 Å². The van der Waals surface area contributed by atoms with E-state index in [9.17, 15) is 0 Å². The van der Waals surface area contributed by atoms with Crippen molar-refractivity contribution >= 4 is 11.6 Å². The highest BCUT2D eigenvalue weighted by molar-refractivity contribution is 5.57. The quantitative estimate of drug-likeness (QED) is 0.694. The summed E-state index contributed by atoms with van der Waals surface area (Å²) in [5, 5.41) is 11.0. The molecule has 0 amide bonds. The standard InChI is InChI=1S/C15H24N6/c1-3-7-16-14-13(4-2)15(19-12-18-14)17-8-5-10-21-11-6-9-20-21/h6,9,11-12H,3-5,7-8,10H2,1-2H3,(H2,16,17,18,19). The molecule has 0 bridgehead atoms. The Bertz CT molecular complexity index is 523. The highest BCUT2D eigenvalue weighted by Crippen LogP contribution is 2.20. The molecule has 0 saturated carbocycles. The molecule has 0 fully saturated rings. The minimum absolute atomic E-state index is 0.872. The van der Waals surface area contributed by atoms with E-state index in [0.717, 1.165) is 56.1 Å². The number of hydrogen-bond acceptors (Lipinski definition) is 5. The van der Waals surface area contributed by atoms with E-state index >= 15 is 0 Å². The van der Waals surface area contributed by atoms with Crippen molar-refractivity contribution < 1.29 is 0 Å². The van der Waals surface area contributed by atoms with Gasteiger partial charge in [0.2, 0.25) is 0 Å². The first-order valence-electron chi connectivity index (χ1n) is 7.64. The normalized spacial score (nSPS) is 10.6. The summed E-state index contributed by atoms with van der Waals surface area (Å²) in [6.45, 7) is 6.99. The van der Waals surface area contributed by atoms with E-state index in [0.29, 0.717) is 0 Å². The summed E-state index contributed by atoms with van der Waals surface area (Å²) >= 11 is 0. The molecule has 21 heavy (non-hydrogen) atoms. The van der Waals surface area contributed by atoms with Crippen molar-refractivity contribution in [2.24, 2.45) is 0 Å². The summed E-state index contributed by atoms with van der Waals surface area (Å²) in [6, 6.07) is 1.94. The molecule has 0 atom stereocenters. The molecule has 6 nitrogen and oxygen atoms in total. The predicted octanol–water partition coefficient (Wildman–Crippen LogP) is 2.56. The van der Waals surface area contributed by atoms with Gasteiger partial charge in [-0.1, -0.05) is 13.8 Å². The van der Waals surface area contributed by atoms with Crippen LogP contribution >= 0.6 is 0 Å². The maximum atomic E-state index is 4.37. The zero-order valence-corrected chi connectivity index (χ0v) is 12.8. The number of aryl methyl sites for hydroxylation is 1. The molecule has 0 unspecified atom stereocenters. The van der Waals surface area contributed by atoms with Gasteiger partial charge in [0.25, 0.3) is 0 Å². The fraction of sp³-hybridized carbons (Fsp3) is 0.533. The lowest BCUT2D eigenvalue weighted by Crippen LogP contribution is -2.12. The van der Waals surface area contributed by atoms with Crippen molar-refractivity contribution in [3.63, 3.8) is 0 Å². The number of anilines is 2. The number of nitrogens with one attached hydrogen (secondary N) is 2. The fourth-order valence-corrected chi connectivity index (χ4v) is 2.18. The molecule has 0 aromatic carbocycles. The Labute approximate surface area is 126 Å². The van der Waals surface area contributed by atoms with Crippen LogP contribution in [0.3, 0.4) is 0 Å². The first-order chi connectivity index (χ1) is 10.3. The minimum atomic E-state index is 0.872. The molecule has 2 aromatic rings. The van der Waals surface area contributed by atoms with Gasteiger partial charge in [0, 0.05) is 37.6 Å². The third kappa shape index (κ3) is 4.44. The Morgan fingerprint density at radius 3 is 2.48 bits per heavy atom. The average molecular weight is 288 g/mol. The molecular formula is C15H24N6. The van der Waals surface area contributed by atoms with Crippen molar-refractivity contribution in [3.05, 3.63) is 30.4 Å². The number of nitrogens with zero attached hydrogens (tertiary/aromatic N) is 4. The minimum Gasteiger partial charge on any atom is -0.370 e. The number of aromatic nitrogens is 4. The van der Waals surface area contributed by atoms with Crippen LogP contribution in [0.5, 0.6) is 0 Å². The fourth-order valence-electron chi connectivity index (χ4n) is 2.18. The van der Waals surface area contributed by atoms with E-state index in [-0.39, 0.29) is 0 Å². The summed E-state index contributed by atoms with van der Waals surface area (Å²) in [6.07, 6.45) is 8.40. The molecule has 0 aliphatic rings. The zero-order chi connectivity index (χ0) is 14.9. The Hall–Kier alpha value is -2.11. The molecule has 2 aromatic heterocycles. The zero-order valence-electron chi connectivity index (χ0n) is 12.8. The molecule has 6 heteroatoms. The second-order valence-electron chi connectivity index (χ2n) is 4.88. The summed E-state index contributed by atoms with van der Waals surface area (Å²) in [5.74, 6) is 1.88. The van der Waals surface area contributed by atoms with Crippen LogP contribution in [0, 0.1) is 0 Å². The van der Waals surface area contributed by atoms with Crippen LogP contribution < -0.4 is 10.6 Å². The summed E-state index contributed by atoms with van der Waals surface area (Å²) in [4.78, 5) is 8.71. The molecular weight excluding hydrogens is 264 g/mol. The van der Waals surface area contributed by atoms with Crippen molar-refractivity contribution in [1.82, 2.24) is 19.7 Å². The second-order valence-corrected chi connectivity index (χ2v) is 4.88. The van der Waals surface area contributed by atoms with Crippen LogP contribution in [0.1, 0.15) is 32.3 Å². The Kier molecular flexibility index (Phi) is 5.99. The molecule has 2 heterocycles. The highest BCUT2D eigenvalue weighted by atomic mass is 15.3. The van der Waals surface area contributed by atoms with Gasteiger partial charge in [-0.2, -0.15) is 5.10 Å². The average Bonchev–Trinajstić information content (AvgIpc) is 3.02. The molecule has 0 spiro atoms. The second kappa shape index (κ2) is 8.24. The van der Waals surface area contributed by atoms with Gasteiger partial charge in [0.05, 0.1) is 0 Å². The molecule has 2 N–H and O–H groups in total. The van der Waals surface area contributed by atoms with E-state index in [1.54, 1.807) is 12.5 Å². The lowest BCUT2D eigenvalue weighted by Gasteiger charge is -2.14. The van der Waals surface area contributed by atoms with Crippen molar-refractivity contribution in [2.45, 2.75) is 39.7 Å². The summed E-state index contributed by atoms with van der Waals surface area (Å²) < 4.78 is 1.94. The van der Waals surface area contributed by atoms with E-state index in [2.05, 4.69) is 39.5 Å². The summed E-state index contributed by atoms with van der Waals surface area (Å²) in [5.41, 5.74) is 1.16.